The quantitative estimate of drug-likeness (QED) is 0.252. The summed E-state index contributed by atoms with van der Waals surface area (Å²) >= 11 is -2.34. The maximum absolute atomic E-state index is 10.6. The summed E-state index contributed by atoms with van der Waals surface area (Å²) < 4.78 is 23.5. The molecule has 0 bridgehead atoms. The maximum atomic E-state index is 10.6. The lowest BCUT2D eigenvalue weighted by molar-refractivity contribution is -0.113. The van der Waals surface area contributed by atoms with Crippen LogP contribution in [0.2, 0.25) is 0 Å². The number of unbranched alkanes of at least 4 members (excludes halogenated alkanes) is 11. The molecule has 2 unspecified atom stereocenters. The average Bonchev–Trinajstić information content (AvgIpc) is 2.46. The molecule has 0 aromatic rings. The molecule has 0 spiro atoms. The largest absolute Gasteiger partial charge is 0.302 e. The van der Waals surface area contributed by atoms with E-state index >= 15 is 0 Å². The molecular weight excluding hydrogens is 288 g/mol. The SMILES string of the molecule is CCCCCCCCCCCCCCC(C=O)OS(=O)O. The zero-order chi connectivity index (χ0) is 15.8. The molecule has 21 heavy (non-hydrogen) atoms. The Morgan fingerprint density at radius 1 is 0.905 bits per heavy atom. The van der Waals surface area contributed by atoms with Crippen molar-refractivity contribution >= 4 is 17.6 Å². The van der Waals surface area contributed by atoms with Gasteiger partial charge in [-0.15, -0.1) is 0 Å². The Balaban J connectivity index is 3.21. The van der Waals surface area contributed by atoms with Crippen LogP contribution in [0.3, 0.4) is 0 Å². The minimum atomic E-state index is -2.34. The molecule has 4 nitrogen and oxygen atoms in total. The van der Waals surface area contributed by atoms with E-state index in [1.54, 1.807) is 0 Å². The van der Waals surface area contributed by atoms with Gasteiger partial charge in [0.1, 0.15) is 12.4 Å². The summed E-state index contributed by atoms with van der Waals surface area (Å²) in [6, 6.07) is 0. The first kappa shape index (κ1) is 20.7. The number of hydrogen-bond acceptors (Lipinski definition) is 3. The van der Waals surface area contributed by atoms with E-state index in [0.29, 0.717) is 12.7 Å². The molecule has 0 aromatic heterocycles. The summed E-state index contributed by atoms with van der Waals surface area (Å²) in [7, 11) is 0. The molecule has 0 aliphatic carbocycles. The van der Waals surface area contributed by atoms with Gasteiger partial charge >= 0.3 is 11.4 Å². The van der Waals surface area contributed by atoms with Gasteiger partial charge in [-0.05, 0) is 6.42 Å². The zero-order valence-corrected chi connectivity index (χ0v) is 14.2. The Hall–Kier alpha value is -0.260. The van der Waals surface area contributed by atoms with Gasteiger partial charge in [-0.3, -0.25) is 8.74 Å². The van der Waals surface area contributed by atoms with Gasteiger partial charge in [-0.2, -0.15) is 4.21 Å². The molecule has 0 heterocycles. The third-order valence-electron chi connectivity index (χ3n) is 3.70. The Morgan fingerprint density at radius 3 is 1.71 bits per heavy atom. The van der Waals surface area contributed by atoms with Crippen molar-refractivity contribution in [2.75, 3.05) is 0 Å². The van der Waals surface area contributed by atoms with Crippen molar-refractivity contribution in [3.63, 3.8) is 0 Å². The van der Waals surface area contributed by atoms with E-state index in [-0.39, 0.29) is 0 Å². The van der Waals surface area contributed by atoms with E-state index in [1.807, 2.05) is 0 Å². The lowest BCUT2D eigenvalue weighted by atomic mass is 10.0. The molecule has 126 valence electrons. The van der Waals surface area contributed by atoms with Crippen molar-refractivity contribution < 1.29 is 17.7 Å². The minimum Gasteiger partial charge on any atom is -0.300 e. The van der Waals surface area contributed by atoms with Crippen LogP contribution in [0.1, 0.15) is 90.4 Å². The molecule has 0 saturated heterocycles. The first-order valence-corrected chi connectivity index (χ1v) is 9.47. The first-order valence-electron chi connectivity index (χ1n) is 8.44. The number of aldehydes is 1. The third-order valence-corrected chi connectivity index (χ3v) is 4.11. The summed E-state index contributed by atoms with van der Waals surface area (Å²) in [5.74, 6) is 0. The van der Waals surface area contributed by atoms with Gasteiger partial charge in [-0.25, -0.2) is 0 Å². The first-order chi connectivity index (χ1) is 10.2. The van der Waals surface area contributed by atoms with E-state index in [0.717, 1.165) is 12.8 Å². The number of hydrogen-bond donors (Lipinski definition) is 1. The standard InChI is InChI=1S/C16H32O4S/c1-2-3-4-5-6-7-8-9-10-11-12-13-14-16(15-17)20-21(18)19/h15-16H,2-14H2,1H3,(H,18,19). The van der Waals surface area contributed by atoms with Gasteiger partial charge in [0, 0.05) is 0 Å². The molecule has 0 aliphatic heterocycles. The van der Waals surface area contributed by atoms with E-state index in [2.05, 4.69) is 11.1 Å². The second-order valence-electron chi connectivity index (χ2n) is 5.67. The molecule has 0 aromatic carbocycles. The van der Waals surface area contributed by atoms with Crippen LogP contribution in [0.25, 0.3) is 0 Å². The van der Waals surface area contributed by atoms with Crippen molar-refractivity contribution in [2.24, 2.45) is 0 Å². The molecular formula is C16H32O4S. The molecule has 0 fully saturated rings. The van der Waals surface area contributed by atoms with Crippen LogP contribution in [0.4, 0.5) is 0 Å². The molecule has 0 rings (SSSR count). The highest BCUT2D eigenvalue weighted by atomic mass is 32.2. The Morgan fingerprint density at radius 2 is 1.33 bits per heavy atom. The van der Waals surface area contributed by atoms with Crippen LogP contribution in [-0.2, 0) is 20.3 Å². The maximum Gasteiger partial charge on any atom is 0.302 e. The van der Waals surface area contributed by atoms with Gasteiger partial charge in [0.2, 0.25) is 0 Å². The summed E-state index contributed by atoms with van der Waals surface area (Å²) in [5.41, 5.74) is 0. The highest BCUT2D eigenvalue weighted by Crippen LogP contribution is 2.13. The van der Waals surface area contributed by atoms with Crippen LogP contribution < -0.4 is 0 Å². The summed E-state index contributed by atoms with van der Waals surface area (Å²) in [4.78, 5) is 10.6. The van der Waals surface area contributed by atoms with E-state index < -0.39 is 17.5 Å². The zero-order valence-electron chi connectivity index (χ0n) is 13.4. The number of carbonyl (C=O) groups is 1. The molecule has 0 amide bonds. The van der Waals surface area contributed by atoms with Crippen LogP contribution in [-0.4, -0.2) is 21.2 Å². The minimum absolute atomic E-state index is 0.535. The molecule has 0 aliphatic rings. The van der Waals surface area contributed by atoms with E-state index in [4.69, 9.17) is 4.55 Å². The van der Waals surface area contributed by atoms with Crippen LogP contribution in [0.5, 0.6) is 0 Å². The lowest BCUT2D eigenvalue weighted by Crippen LogP contribution is -2.15. The van der Waals surface area contributed by atoms with Crippen LogP contribution in [0, 0.1) is 0 Å². The Labute approximate surface area is 132 Å². The summed E-state index contributed by atoms with van der Waals surface area (Å²) in [6.45, 7) is 2.24. The highest BCUT2D eigenvalue weighted by molar-refractivity contribution is 7.74. The van der Waals surface area contributed by atoms with Crippen LogP contribution >= 0.6 is 0 Å². The predicted molar refractivity (Wildman–Crippen MR) is 87.4 cm³/mol. The second-order valence-corrected chi connectivity index (χ2v) is 6.29. The number of rotatable bonds is 16. The monoisotopic (exact) mass is 320 g/mol. The van der Waals surface area contributed by atoms with Gasteiger partial charge in [0.05, 0.1) is 0 Å². The Bertz CT molecular complexity index is 259. The summed E-state index contributed by atoms with van der Waals surface area (Å²) in [5, 5.41) is 0. The average molecular weight is 320 g/mol. The van der Waals surface area contributed by atoms with Gasteiger partial charge < -0.3 is 4.79 Å². The van der Waals surface area contributed by atoms with Crippen LogP contribution in [0.15, 0.2) is 0 Å². The van der Waals surface area contributed by atoms with Gasteiger partial charge in [-0.1, -0.05) is 84.0 Å². The van der Waals surface area contributed by atoms with Crippen molar-refractivity contribution in [3.05, 3.63) is 0 Å². The second kappa shape index (κ2) is 16.1. The van der Waals surface area contributed by atoms with E-state index in [1.165, 1.54) is 64.2 Å². The summed E-state index contributed by atoms with van der Waals surface area (Å²) in [6.07, 6.45) is 15.5. The number of carbonyl (C=O) groups excluding carboxylic acids is 1. The fraction of sp³-hybridized carbons (Fsp3) is 0.938. The van der Waals surface area contributed by atoms with Gasteiger partial charge in [0.25, 0.3) is 0 Å². The molecule has 0 saturated carbocycles. The lowest BCUT2D eigenvalue weighted by Gasteiger charge is -2.07. The van der Waals surface area contributed by atoms with Gasteiger partial charge in [0.15, 0.2) is 0 Å². The molecule has 0 radical (unpaired) electrons. The predicted octanol–water partition coefficient (Wildman–Crippen LogP) is 4.80. The fourth-order valence-corrected chi connectivity index (χ4v) is 2.78. The molecule has 1 N–H and O–H groups in total. The van der Waals surface area contributed by atoms with E-state index in [9.17, 15) is 9.00 Å². The van der Waals surface area contributed by atoms with Crippen molar-refractivity contribution in [1.29, 1.82) is 0 Å². The molecule has 5 heteroatoms. The van der Waals surface area contributed by atoms with Crippen molar-refractivity contribution in [2.45, 2.75) is 96.5 Å². The normalized spacial score (nSPS) is 14.0. The molecule has 2 atom stereocenters. The fourth-order valence-electron chi connectivity index (χ4n) is 2.43. The van der Waals surface area contributed by atoms with Crippen molar-refractivity contribution in [1.82, 2.24) is 0 Å². The highest BCUT2D eigenvalue weighted by Gasteiger charge is 2.10. The third kappa shape index (κ3) is 15.9. The topological polar surface area (TPSA) is 63.6 Å². The van der Waals surface area contributed by atoms with Crippen molar-refractivity contribution in [3.8, 4) is 0 Å². The Kier molecular flexibility index (Phi) is 15.9. The smallest absolute Gasteiger partial charge is 0.300 e.